The molecule has 0 radical (unpaired) electrons. The first-order valence-corrected chi connectivity index (χ1v) is 23.7. The molecule has 5 fully saturated rings. The zero-order valence-corrected chi connectivity index (χ0v) is 38.4. The average Bonchev–Trinajstić information content (AvgIpc) is 3.60. The van der Waals surface area contributed by atoms with Crippen LogP contribution in [-0.2, 0) is 23.9 Å². The van der Waals surface area contributed by atoms with E-state index >= 15 is 0 Å². The summed E-state index contributed by atoms with van der Waals surface area (Å²) in [5.74, 6) is -0.286. The van der Waals surface area contributed by atoms with Gasteiger partial charge in [-0.3, -0.25) is 14.4 Å². The molecule has 10 heteroatoms. The van der Waals surface area contributed by atoms with E-state index < -0.39 is 35.4 Å². The molecule has 1 unspecified atom stereocenters. The fourth-order valence-electron chi connectivity index (χ4n) is 15.9. The highest BCUT2D eigenvalue weighted by Gasteiger charge is 2.75. The van der Waals surface area contributed by atoms with Crippen LogP contribution in [0, 0.1) is 56.2 Å². The van der Waals surface area contributed by atoms with Crippen LogP contribution in [0.5, 0.6) is 0 Å². The van der Waals surface area contributed by atoms with Gasteiger partial charge in [-0.25, -0.2) is 4.39 Å². The van der Waals surface area contributed by atoms with E-state index in [9.17, 15) is 23.9 Å². The minimum Gasteiger partial charge on any atom is -0.481 e. The molecule has 336 valence electrons. The summed E-state index contributed by atoms with van der Waals surface area (Å²) in [5, 5.41) is 14.1. The molecule has 6 aliphatic carbocycles. The predicted molar refractivity (Wildman–Crippen MR) is 234 cm³/mol. The Morgan fingerprint density at radius 2 is 1.53 bits per heavy atom. The second-order valence-electron chi connectivity index (χ2n) is 22.1. The number of piperidine rings is 1. The Morgan fingerprint density at radius 1 is 0.883 bits per heavy atom. The van der Waals surface area contributed by atoms with Crippen molar-refractivity contribution in [1.82, 2.24) is 10.2 Å². The van der Waals surface area contributed by atoms with Gasteiger partial charge in [-0.05, 0) is 174 Å². The number of aliphatic carboxylic acids is 1. The molecule has 4 saturated carbocycles. The van der Waals surface area contributed by atoms with Crippen molar-refractivity contribution in [2.45, 2.75) is 156 Å². The highest BCUT2D eigenvalue weighted by atomic mass is 19.1. The van der Waals surface area contributed by atoms with Crippen LogP contribution in [-0.4, -0.2) is 85.1 Å². The normalized spacial score (nSPS) is 42.0. The number of ether oxygens (including phenoxy) is 2. The highest BCUT2D eigenvalue weighted by Crippen LogP contribution is 2.77. The van der Waals surface area contributed by atoms with Crippen LogP contribution < -0.4 is 11.1 Å². The molecule has 1 saturated heterocycles. The molecule has 0 spiro atoms. The number of fused-ring (bicyclic) bond motifs is 7. The van der Waals surface area contributed by atoms with Crippen LogP contribution in [0.25, 0.3) is 0 Å². The summed E-state index contributed by atoms with van der Waals surface area (Å²) in [6.45, 7) is 25.6. The monoisotopic (exact) mass is 836 g/mol. The molecule has 1 aliphatic heterocycles. The van der Waals surface area contributed by atoms with E-state index in [2.05, 4.69) is 70.5 Å². The summed E-state index contributed by atoms with van der Waals surface area (Å²) in [7, 11) is 0. The van der Waals surface area contributed by atoms with E-state index in [1.165, 1.54) is 16.7 Å². The minimum atomic E-state index is -1.29. The summed E-state index contributed by atoms with van der Waals surface area (Å²) in [6.07, 6.45) is 16.4. The van der Waals surface area contributed by atoms with Gasteiger partial charge >= 0.3 is 17.9 Å². The fraction of sp³-hybridized carbons (Fsp3) is 0.820. The number of alkyl halides is 1. The average molecular weight is 836 g/mol. The third kappa shape index (κ3) is 6.55. The van der Waals surface area contributed by atoms with Crippen LogP contribution in [0.3, 0.4) is 0 Å². The zero-order valence-electron chi connectivity index (χ0n) is 38.4. The summed E-state index contributed by atoms with van der Waals surface area (Å²) in [4.78, 5) is 40.6. The number of hydrogen-bond donors (Lipinski definition) is 3. The Labute approximate surface area is 360 Å². The Morgan fingerprint density at radius 3 is 2.10 bits per heavy atom. The van der Waals surface area contributed by atoms with Crippen molar-refractivity contribution < 1.29 is 33.4 Å². The quantitative estimate of drug-likeness (QED) is 0.100. The van der Waals surface area contributed by atoms with E-state index in [0.29, 0.717) is 56.5 Å². The maximum Gasteiger partial charge on any atom is 0.323 e. The fourth-order valence-corrected chi connectivity index (χ4v) is 15.9. The van der Waals surface area contributed by atoms with Crippen LogP contribution in [0.2, 0.25) is 0 Å². The van der Waals surface area contributed by atoms with Gasteiger partial charge in [0, 0.05) is 30.1 Å². The Hall–Kier alpha value is -2.56. The largest absolute Gasteiger partial charge is 0.481 e. The van der Waals surface area contributed by atoms with Gasteiger partial charge in [-0.15, -0.1) is 0 Å². The maximum atomic E-state index is 14.1. The van der Waals surface area contributed by atoms with Gasteiger partial charge in [0.15, 0.2) is 5.41 Å². The SMILES string of the molecule is C=C(C)[C@@H]1CCC2(NCCN3CCC(C(=O)OCC)(C(=O)OCC)CC3)CC[C@@]3(C)[C@]4(C)CC[C@H]5C(C)(C)C(C6=CC[C@@](CF)(C(=O)O)CC6)=CC[C@]5(C)[C@H]4CC[C@]3(N)[C@@H]12. The lowest BCUT2D eigenvalue weighted by molar-refractivity contribution is -0.229. The number of nitrogens with zero attached hydrogens (tertiary/aromatic N) is 1. The van der Waals surface area contributed by atoms with Gasteiger partial charge in [0.25, 0.3) is 0 Å². The summed E-state index contributed by atoms with van der Waals surface area (Å²) < 4.78 is 24.8. The molecular formula is C50H78FN3O6. The van der Waals surface area contributed by atoms with E-state index in [1.54, 1.807) is 13.8 Å². The smallest absolute Gasteiger partial charge is 0.323 e. The lowest BCUT2D eigenvalue weighted by Crippen LogP contribution is -2.78. The Balaban J connectivity index is 1.10. The van der Waals surface area contributed by atoms with Crippen LogP contribution >= 0.6 is 0 Å². The molecule has 0 aromatic rings. The number of halogens is 1. The molecular weight excluding hydrogens is 758 g/mol. The molecule has 60 heavy (non-hydrogen) atoms. The topological polar surface area (TPSA) is 131 Å². The van der Waals surface area contributed by atoms with Gasteiger partial charge in [0.1, 0.15) is 6.67 Å². The van der Waals surface area contributed by atoms with Crippen molar-refractivity contribution in [3.63, 3.8) is 0 Å². The summed E-state index contributed by atoms with van der Waals surface area (Å²) >= 11 is 0. The number of carbonyl (C=O) groups is 3. The maximum absolute atomic E-state index is 14.1. The molecule has 0 amide bonds. The van der Waals surface area contributed by atoms with E-state index in [-0.39, 0.29) is 58.3 Å². The first-order chi connectivity index (χ1) is 28.2. The predicted octanol–water partition coefficient (Wildman–Crippen LogP) is 8.96. The molecule has 7 rings (SSSR count). The second-order valence-corrected chi connectivity index (χ2v) is 22.1. The van der Waals surface area contributed by atoms with Crippen LogP contribution in [0.15, 0.2) is 35.5 Å². The van der Waals surface area contributed by atoms with Crippen molar-refractivity contribution >= 4 is 17.9 Å². The number of carbonyl (C=O) groups excluding carboxylic acids is 2. The van der Waals surface area contributed by atoms with Crippen LogP contribution in [0.1, 0.15) is 145 Å². The number of carboxylic acid groups (broad SMARTS) is 1. The third-order valence-corrected chi connectivity index (χ3v) is 19.5. The van der Waals surface area contributed by atoms with Gasteiger partial charge < -0.3 is 30.5 Å². The molecule has 9 nitrogen and oxygen atoms in total. The number of rotatable bonds is 12. The molecule has 10 atom stereocenters. The second kappa shape index (κ2) is 15.9. The van der Waals surface area contributed by atoms with Crippen molar-refractivity contribution in [3.05, 3.63) is 35.5 Å². The van der Waals surface area contributed by atoms with Gasteiger partial charge in [0.2, 0.25) is 0 Å². The van der Waals surface area contributed by atoms with Crippen LogP contribution in [0.4, 0.5) is 4.39 Å². The lowest BCUT2D eigenvalue weighted by Gasteiger charge is -2.75. The summed E-state index contributed by atoms with van der Waals surface area (Å²) in [6, 6.07) is 0. The number of esters is 2. The van der Waals surface area contributed by atoms with Gasteiger partial charge in [-0.1, -0.05) is 58.9 Å². The Bertz CT molecular complexity index is 1770. The zero-order chi connectivity index (χ0) is 43.7. The number of hydrogen-bond acceptors (Lipinski definition) is 8. The number of nitrogens with two attached hydrogens (primary N) is 1. The first kappa shape index (κ1) is 45.5. The highest BCUT2D eigenvalue weighted by molar-refractivity contribution is 6.00. The molecule has 0 aromatic carbocycles. The number of nitrogens with one attached hydrogen (secondary N) is 1. The minimum absolute atomic E-state index is 0.0610. The van der Waals surface area contributed by atoms with Crippen molar-refractivity contribution in [2.24, 2.45) is 61.9 Å². The van der Waals surface area contributed by atoms with E-state index in [1.807, 2.05) is 0 Å². The lowest BCUT2D eigenvalue weighted by atomic mass is 9.31. The molecule has 0 bridgehead atoms. The van der Waals surface area contributed by atoms with Gasteiger partial charge in [-0.2, -0.15) is 0 Å². The van der Waals surface area contributed by atoms with Gasteiger partial charge in [0.05, 0.1) is 18.6 Å². The van der Waals surface area contributed by atoms with E-state index in [0.717, 1.165) is 70.9 Å². The number of carboxylic acids is 1. The number of likely N-dealkylation sites (tertiary alicyclic amines) is 1. The third-order valence-electron chi connectivity index (χ3n) is 19.5. The van der Waals surface area contributed by atoms with Crippen molar-refractivity contribution in [2.75, 3.05) is 46.1 Å². The molecule has 0 aromatic heterocycles. The molecule has 7 aliphatic rings. The number of allylic oxidation sites excluding steroid dienone is 5. The van der Waals surface area contributed by atoms with Crippen molar-refractivity contribution in [3.8, 4) is 0 Å². The Kier molecular flexibility index (Phi) is 12.1. The molecule has 4 N–H and O–H groups in total. The van der Waals surface area contributed by atoms with E-state index in [4.69, 9.17) is 15.2 Å². The first-order valence-electron chi connectivity index (χ1n) is 23.7. The standard InChI is InChI=1S/C50H78FN3O6/c1-10-59-41(57)48(42(58)60-11-2)26-29-54(30-27-48)31-28-53-49-22-14-35(33(3)4)39(49)50(52)23-17-38-44(7)18-15-36(34-12-20-47(32-51,21-13-34)40(55)56)43(5,6)37(44)16-19-45(38,8)46(50,9)24-25-49/h12,15,35,37-39,53H,3,10-11,13-14,16-32,52H2,1-2,4-9H3,(H,55,56)/t35-,37-,38+,39-,44-,45+,46-,47+,49?,50-/m0/s1. The molecule has 1 heterocycles. The van der Waals surface area contributed by atoms with Crippen molar-refractivity contribution in [1.29, 1.82) is 0 Å². The summed E-state index contributed by atoms with van der Waals surface area (Å²) in [5.41, 5.74) is 9.15.